The van der Waals surface area contributed by atoms with Crippen molar-refractivity contribution >= 4 is 11.4 Å². The topological polar surface area (TPSA) is 38.0 Å². The van der Waals surface area contributed by atoms with Crippen molar-refractivity contribution in [1.82, 2.24) is 0 Å². The van der Waals surface area contributed by atoms with E-state index in [9.17, 15) is 0 Å². The Bertz CT molecular complexity index is 489. The van der Waals surface area contributed by atoms with Crippen LogP contribution in [0.5, 0.6) is 0 Å². The van der Waals surface area contributed by atoms with E-state index in [1.807, 2.05) is 18.2 Å². The molecule has 2 nitrogen and oxygen atoms in total. The van der Waals surface area contributed by atoms with Gasteiger partial charge in [0.25, 0.3) is 0 Å². The van der Waals surface area contributed by atoms with Crippen LogP contribution in [0.3, 0.4) is 0 Å². The summed E-state index contributed by atoms with van der Waals surface area (Å²) < 4.78 is 0. The number of fused-ring (bicyclic) bond motifs is 1. The summed E-state index contributed by atoms with van der Waals surface area (Å²) in [6.45, 7) is 0. The van der Waals surface area contributed by atoms with Crippen LogP contribution in [-0.2, 0) is 21.7 Å². The van der Waals surface area contributed by atoms with Crippen LogP contribution in [0.15, 0.2) is 48.1 Å². The van der Waals surface area contributed by atoms with E-state index in [4.69, 9.17) is 5.73 Å². The second kappa shape index (κ2) is 8.79. The molecule has 0 aliphatic heterocycles. The zero-order valence-corrected chi connectivity index (χ0v) is 14.2. The Balaban J connectivity index is 0.00000120. The minimum atomic E-state index is 0. The second-order valence-corrected chi connectivity index (χ2v) is 4.89. The van der Waals surface area contributed by atoms with Crippen LogP contribution in [-0.4, -0.2) is 6.04 Å². The van der Waals surface area contributed by atoms with Crippen LogP contribution in [0.1, 0.15) is 19.3 Å². The number of nitrogens with two attached hydrogens (primary N) is 1. The number of benzene rings is 1. The van der Waals surface area contributed by atoms with Crippen molar-refractivity contribution < 1.29 is 46.5 Å². The molecule has 1 aromatic carbocycles. The quantitative estimate of drug-likeness (QED) is 0.454. The fourth-order valence-corrected chi connectivity index (χ4v) is 2.89. The van der Waals surface area contributed by atoms with Crippen molar-refractivity contribution in [3.63, 3.8) is 0 Å². The molecule has 0 saturated heterocycles. The van der Waals surface area contributed by atoms with Gasteiger partial charge in [0.1, 0.15) is 0 Å². The first-order valence-corrected chi connectivity index (χ1v) is 6.32. The summed E-state index contributed by atoms with van der Waals surface area (Å²) in [4.78, 5) is 0. The van der Waals surface area contributed by atoms with Gasteiger partial charge in [-0.1, -0.05) is 30.4 Å². The maximum absolute atomic E-state index is 5.97. The predicted molar refractivity (Wildman–Crippen MR) is 72.8 cm³/mol. The van der Waals surface area contributed by atoms with Crippen LogP contribution in [0.4, 0.5) is 11.4 Å². The monoisotopic (exact) mass is 344 g/mol. The third kappa shape index (κ3) is 4.05. The van der Waals surface area contributed by atoms with E-state index in [2.05, 4.69) is 29.6 Å². The summed E-state index contributed by atoms with van der Waals surface area (Å²) in [5.74, 6) is 0.752. The molecule has 20 heavy (non-hydrogen) atoms. The largest absolute Gasteiger partial charge is 2.00 e. The molecule has 2 unspecified atom stereocenters. The molecular formula is C15H18Cl2N2Ti. The summed E-state index contributed by atoms with van der Waals surface area (Å²) in [5, 5.41) is 3.58. The summed E-state index contributed by atoms with van der Waals surface area (Å²) in [6, 6.07) is 8.47. The van der Waals surface area contributed by atoms with Gasteiger partial charge in [0, 0.05) is 6.04 Å². The number of nitrogens with one attached hydrogen (secondary N) is 1. The van der Waals surface area contributed by atoms with Crippen LogP contribution in [0.2, 0.25) is 0 Å². The van der Waals surface area contributed by atoms with Gasteiger partial charge < -0.3 is 35.9 Å². The van der Waals surface area contributed by atoms with Gasteiger partial charge in [-0.05, 0) is 42.9 Å². The smallest absolute Gasteiger partial charge is 1.00 e. The van der Waals surface area contributed by atoms with E-state index < -0.39 is 0 Å². The standard InChI is InChI=1S/C15H18N2.2ClH.Ti/c16-13-7-3-4-8-15(13)17-14-10-9-11-5-1-2-6-12(11)14;;;/h1-4,6-8,11,14,17H,5,9-10,16H2;2*1H;/q;;;+2/p-2. The van der Waals surface area contributed by atoms with Crippen molar-refractivity contribution in [2.24, 2.45) is 5.92 Å². The van der Waals surface area contributed by atoms with E-state index in [1.165, 1.54) is 19.3 Å². The van der Waals surface area contributed by atoms with Crippen molar-refractivity contribution in [3.8, 4) is 0 Å². The van der Waals surface area contributed by atoms with Gasteiger partial charge in [-0.15, -0.1) is 0 Å². The summed E-state index contributed by atoms with van der Waals surface area (Å²) >= 11 is 0. The predicted octanol–water partition coefficient (Wildman–Crippen LogP) is -2.65. The number of hydrogen-bond donors (Lipinski definition) is 2. The van der Waals surface area contributed by atoms with E-state index >= 15 is 0 Å². The Hall–Kier alpha value is -0.406. The number of rotatable bonds is 2. The second-order valence-electron chi connectivity index (χ2n) is 4.89. The molecule has 3 N–H and O–H groups in total. The van der Waals surface area contributed by atoms with Gasteiger partial charge in [-0.25, -0.2) is 0 Å². The molecule has 106 valence electrons. The van der Waals surface area contributed by atoms with E-state index in [1.54, 1.807) is 5.57 Å². The molecular weight excluding hydrogens is 327 g/mol. The molecule has 2 atom stereocenters. The molecule has 5 heteroatoms. The van der Waals surface area contributed by atoms with Gasteiger partial charge in [-0.2, -0.15) is 0 Å². The molecule has 1 fully saturated rings. The van der Waals surface area contributed by atoms with Gasteiger partial charge in [0.05, 0.1) is 11.4 Å². The van der Waals surface area contributed by atoms with Crippen LogP contribution in [0.25, 0.3) is 0 Å². The molecule has 0 aromatic heterocycles. The first-order valence-electron chi connectivity index (χ1n) is 6.32. The van der Waals surface area contributed by atoms with Crippen molar-refractivity contribution in [2.45, 2.75) is 25.3 Å². The Morgan fingerprint density at radius 3 is 2.60 bits per heavy atom. The number of allylic oxidation sites excluding steroid dienone is 3. The summed E-state index contributed by atoms with van der Waals surface area (Å²) in [6.07, 6.45) is 10.4. The molecule has 2 aliphatic carbocycles. The van der Waals surface area contributed by atoms with Gasteiger partial charge >= 0.3 is 21.7 Å². The average molecular weight is 345 g/mol. The fourth-order valence-electron chi connectivity index (χ4n) is 2.89. The number of hydrogen-bond acceptors (Lipinski definition) is 2. The van der Waals surface area contributed by atoms with Gasteiger partial charge in [0.15, 0.2) is 0 Å². The van der Waals surface area contributed by atoms with Gasteiger partial charge in [0.2, 0.25) is 0 Å². The third-order valence-corrected chi connectivity index (χ3v) is 3.81. The minimum Gasteiger partial charge on any atom is -1.00 e. The Kier molecular flexibility index (Phi) is 8.61. The molecule has 0 bridgehead atoms. The van der Waals surface area contributed by atoms with Crippen LogP contribution >= 0.6 is 0 Å². The van der Waals surface area contributed by atoms with Crippen molar-refractivity contribution in [3.05, 3.63) is 48.1 Å². The summed E-state index contributed by atoms with van der Waals surface area (Å²) in [5.41, 5.74) is 9.42. The zero-order chi connectivity index (χ0) is 11.7. The van der Waals surface area contributed by atoms with E-state index in [-0.39, 0.29) is 46.5 Å². The Morgan fingerprint density at radius 1 is 1.10 bits per heavy atom. The first-order chi connectivity index (χ1) is 8.34. The third-order valence-electron chi connectivity index (χ3n) is 3.81. The SMILES string of the molecule is Nc1ccccc1NC1CCC2CC=CC=C21.[Cl-].[Cl-].[Ti+2]. The number of nitrogen functional groups attached to an aromatic ring is 1. The van der Waals surface area contributed by atoms with E-state index in [0.29, 0.717) is 6.04 Å². The molecule has 0 radical (unpaired) electrons. The molecule has 0 amide bonds. The number of halogens is 2. The number of para-hydroxylation sites is 2. The molecule has 3 rings (SSSR count). The Labute approximate surface area is 148 Å². The normalized spacial score (nSPS) is 22.5. The fraction of sp³-hybridized carbons (Fsp3) is 0.333. The van der Waals surface area contributed by atoms with Crippen molar-refractivity contribution in [2.75, 3.05) is 11.1 Å². The molecule has 1 aromatic rings. The van der Waals surface area contributed by atoms with Crippen LogP contribution < -0.4 is 35.9 Å². The maximum Gasteiger partial charge on any atom is 2.00 e. The molecule has 2 aliphatic rings. The zero-order valence-electron chi connectivity index (χ0n) is 11.2. The Morgan fingerprint density at radius 2 is 1.85 bits per heavy atom. The van der Waals surface area contributed by atoms with Crippen LogP contribution in [0, 0.1) is 5.92 Å². The van der Waals surface area contributed by atoms with Gasteiger partial charge in [-0.3, -0.25) is 0 Å². The molecule has 0 spiro atoms. The minimum absolute atomic E-state index is 0. The molecule has 0 heterocycles. The average Bonchev–Trinajstić information content (AvgIpc) is 2.76. The maximum atomic E-state index is 5.97. The molecule has 1 saturated carbocycles. The van der Waals surface area contributed by atoms with Crippen molar-refractivity contribution in [1.29, 1.82) is 0 Å². The summed E-state index contributed by atoms with van der Waals surface area (Å²) in [7, 11) is 0. The van der Waals surface area contributed by atoms with E-state index in [0.717, 1.165) is 17.3 Å². The number of anilines is 2. The first kappa shape index (κ1) is 19.6.